The Morgan fingerprint density at radius 3 is 1.95 bits per heavy atom. The van der Waals surface area contributed by atoms with E-state index in [4.69, 9.17) is 13.9 Å². The van der Waals surface area contributed by atoms with Crippen LogP contribution in [0.3, 0.4) is 0 Å². The SMILES string of the molecule is COCOc1cc([C@H](CCO[Si](c2ccccc2)(c2ccccc2)C(C)(C)C)CC(=O)C(C)(C)O)ccc1C. The van der Waals surface area contributed by atoms with Crippen LogP contribution in [0.2, 0.25) is 5.04 Å². The van der Waals surface area contributed by atoms with Gasteiger partial charge in [-0.05, 0) is 65.7 Å². The zero-order valence-corrected chi connectivity index (χ0v) is 25.5. The van der Waals surface area contributed by atoms with Gasteiger partial charge in [-0.15, -0.1) is 0 Å². The van der Waals surface area contributed by atoms with Gasteiger partial charge in [0.25, 0.3) is 8.32 Å². The Morgan fingerprint density at radius 1 is 0.897 bits per heavy atom. The summed E-state index contributed by atoms with van der Waals surface area (Å²) in [6, 6.07) is 27.1. The lowest BCUT2D eigenvalue weighted by Crippen LogP contribution is -2.66. The fourth-order valence-corrected chi connectivity index (χ4v) is 9.70. The molecule has 0 heterocycles. The number of aliphatic hydroxyl groups is 1. The second kappa shape index (κ2) is 13.1. The van der Waals surface area contributed by atoms with Crippen LogP contribution in [0, 0.1) is 6.92 Å². The number of ketones is 1. The van der Waals surface area contributed by atoms with Crippen molar-refractivity contribution in [3.8, 4) is 5.75 Å². The summed E-state index contributed by atoms with van der Waals surface area (Å²) >= 11 is 0. The normalized spacial score (nSPS) is 13.2. The van der Waals surface area contributed by atoms with Crippen molar-refractivity contribution in [1.29, 1.82) is 0 Å². The fraction of sp³-hybridized carbons (Fsp3) is 0.424. The molecule has 3 aromatic rings. The van der Waals surface area contributed by atoms with Gasteiger partial charge >= 0.3 is 0 Å². The Balaban J connectivity index is 1.98. The van der Waals surface area contributed by atoms with Gasteiger partial charge in [-0.25, -0.2) is 0 Å². The van der Waals surface area contributed by atoms with Gasteiger partial charge in [0.05, 0.1) is 0 Å². The van der Waals surface area contributed by atoms with Crippen molar-refractivity contribution in [2.24, 2.45) is 0 Å². The van der Waals surface area contributed by atoms with Gasteiger partial charge in [0.15, 0.2) is 12.6 Å². The van der Waals surface area contributed by atoms with Crippen LogP contribution in [-0.2, 0) is 14.0 Å². The Bertz CT molecular complexity index is 1160. The van der Waals surface area contributed by atoms with E-state index in [1.165, 1.54) is 10.4 Å². The summed E-state index contributed by atoms with van der Waals surface area (Å²) < 4.78 is 18.0. The van der Waals surface area contributed by atoms with E-state index in [2.05, 4.69) is 69.3 Å². The summed E-state index contributed by atoms with van der Waals surface area (Å²) in [7, 11) is -1.12. The van der Waals surface area contributed by atoms with Crippen LogP contribution in [-0.4, -0.2) is 45.3 Å². The average molecular weight is 549 g/mol. The number of aryl methyl sites for hydroxylation is 1. The largest absolute Gasteiger partial charge is 0.467 e. The van der Waals surface area contributed by atoms with Crippen molar-refractivity contribution in [3.05, 3.63) is 90.0 Å². The van der Waals surface area contributed by atoms with Gasteiger partial charge in [-0.1, -0.05) is 93.6 Å². The molecule has 0 aromatic heterocycles. The number of Topliss-reactive ketones (excluding diaryl/α,β-unsaturated/α-hetero) is 1. The van der Waals surface area contributed by atoms with E-state index >= 15 is 0 Å². The second-order valence-electron chi connectivity index (χ2n) is 11.8. The number of carbonyl (C=O) groups excluding carboxylic acids is 1. The highest BCUT2D eigenvalue weighted by Crippen LogP contribution is 2.38. The molecule has 0 aliphatic carbocycles. The first-order valence-corrected chi connectivity index (χ1v) is 15.5. The third-order valence-electron chi connectivity index (χ3n) is 7.33. The summed E-state index contributed by atoms with van der Waals surface area (Å²) in [6.07, 6.45) is 0.833. The molecule has 1 atom stereocenters. The molecule has 0 spiro atoms. The van der Waals surface area contributed by atoms with Crippen molar-refractivity contribution >= 4 is 24.5 Å². The number of rotatable bonds is 13. The molecule has 0 saturated carbocycles. The maximum absolute atomic E-state index is 13.0. The Kier molecular flexibility index (Phi) is 10.3. The summed E-state index contributed by atoms with van der Waals surface area (Å²) in [5, 5.41) is 12.7. The predicted molar refractivity (Wildman–Crippen MR) is 161 cm³/mol. The molecular formula is C33H44O5Si. The summed E-state index contributed by atoms with van der Waals surface area (Å²) in [6.45, 7) is 12.5. The molecule has 0 amide bonds. The molecule has 39 heavy (non-hydrogen) atoms. The molecule has 3 aromatic carbocycles. The lowest BCUT2D eigenvalue weighted by molar-refractivity contribution is -0.134. The Morgan fingerprint density at radius 2 is 1.46 bits per heavy atom. The zero-order chi connectivity index (χ0) is 28.7. The number of methoxy groups -OCH3 is 1. The maximum atomic E-state index is 13.0. The second-order valence-corrected chi connectivity index (χ2v) is 16.1. The van der Waals surface area contributed by atoms with Crippen LogP contribution in [0.25, 0.3) is 0 Å². The number of ether oxygens (including phenoxy) is 2. The van der Waals surface area contributed by atoms with Crippen molar-refractivity contribution < 1.29 is 23.8 Å². The predicted octanol–water partition coefficient (Wildman–Crippen LogP) is 5.76. The lowest BCUT2D eigenvalue weighted by atomic mass is 9.86. The lowest BCUT2D eigenvalue weighted by Gasteiger charge is -2.43. The molecule has 210 valence electrons. The number of carbonyl (C=O) groups is 1. The van der Waals surface area contributed by atoms with E-state index in [0.717, 1.165) is 16.9 Å². The Hall–Kier alpha value is -2.77. The number of benzene rings is 3. The molecule has 1 N–H and O–H groups in total. The van der Waals surface area contributed by atoms with Gasteiger partial charge in [-0.2, -0.15) is 0 Å². The zero-order valence-electron chi connectivity index (χ0n) is 24.5. The minimum Gasteiger partial charge on any atom is -0.467 e. The summed E-state index contributed by atoms with van der Waals surface area (Å²) in [4.78, 5) is 13.0. The molecule has 0 aliphatic rings. The third kappa shape index (κ3) is 7.46. The van der Waals surface area contributed by atoms with Crippen LogP contribution < -0.4 is 15.1 Å². The molecule has 0 unspecified atom stereocenters. The van der Waals surface area contributed by atoms with Crippen molar-refractivity contribution in [1.82, 2.24) is 0 Å². The van der Waals surface area contributed by atoms with Crippen molar-refractivity contribution in [2.45, 2.75) is 70.9 Å². The van der Waals surface area contributed by atoms with Crippen molar-refractivity contribution in [2.75, 3.05) is 20.5 Å². The van der Waals surface area contributed by atoms with E-state index in [1.54, 1.807) is 21.0 Å². The molecule has 5 nitrogen and oxygen atoms in total. The number of hydrogen-bond donors (Lipinski definition) is 1. The Labute approximate surface area is 235 Å². The van der Waals surface area contributed by atoms with Crippen LogP contribution >= 0.6 is 0 Å². The highest BCUT2D eigenvalue weighted by molar-refractivity contribution is 6.99. The van der Waals surface area contributed by atoms with Gasteiger partial charge < -0.3 is 19.0 Å². The highest BCUT2D eigenvalue weighted by atomic mass is 28.4. The molecule has 0 aliphatic heterocycles. The average Bonchev–Trinajstić information content (AvgIpc) is 2.89. The fourth-order valence-electron chi connectivity index (χ4n) is 5.12. The van der Waals surface area contributed by atoms with Gasteiger partial charge in [0, 0.05) is 20.1 Å². The van der Waals surface area contributed by atoms with E-state index in [9.17, 15) is 9.90 Å². The summed E-state index contributed by atoms with van der Waals surface area (Å²) in [5.74, 6) is 0.383. The first kappa shape index (κ1) is 30.8. The van der Waals surface area contributed by atoms with Crippen LogP contribution in [0.4, 0.5) is 0 Å². The quantitative estimate of drug-likeness (QED) is 0.217. The van der Waals surface area contributed by atoms with E-state index in [1.807, 2.05) is 37.3 Å². The van der Waals surface area contributed by atoms with E-state index < -0.39 is 13.9 Å². The maximum Gasteiger partial charge on any atom is 0.261 e. The molecule has 0 radical (unpaired) electrons. The standard InChI is InChI=1S/C33H44O5Si/c1-25-18-19-26(22-30(25)37-24-36-7)27(23-31(34)33(5,6)35)20-21-38-39(32(2,3)4,28-14-10-8-11-15-28)29-16-12-9-13-17-29/h8-19,22,27,35H,20-21,23-24H2,1-7H3/t27-/m1/s1. The molecule has 6 heteroatoms. The topological polar surface area (TPSA) is 65.0 Å². The monoisotopic (exact) mass is 548 g/mol. The van der Waals surface area contributed by atoms with Gasteiger partial charge in [-0.3, -0.25) is 4.79 Å². The first-order valence-electron chi connectivity index (χ1n) is 13.6. The highest BCUT2D eigenvalue weighted by Gasteiger charge is 2.50. The molecule has 0 saturated heterocycles. The minimum atomic E-state index is -2.71. The first-order chi connectivity index (χ1) is 18.4. The third-order valence-corrected chi connectivity index (χ3v) is 12.4. The van der Waals surface area contributed by atoms with Gasteiger partial charge in [0.1, 0.15) is 11.4 Å². The molecular weight excluding hydrogens is 504 g/mol. The van der Waals surface area contributed by atoms with Crippen LogP contribution in [0.15, 0.2) is 78.9 Å². The number of hydrogen-bond acceptors (Lipinski definition) is 5. The van der Waals surface area contributed by atoms with E-state index in [0.29, 0.717) is 13.0 Å². The molecule has 3 rings (SSSR count). The minimum absolute atomic E-state index is 0.140. The molecule has 0 fully saturated rings. The van der Waals surface area contributed by atoms with Crippen molar-refractivity contribution in [3.63, 3.8) is 0 Å². The molecule has 0 bridgehead atoms. The van der Waals surface area contributed by atoms with Crippen LogP contribution in [0.1, 0.15) is 64.5 Å². The summed E-state index contributed by atoms with van der Waals surface area (Å²) in [5.41, 5.74) is 0.569. The van der Waals surface area contributed by atoms with Gasteiger partial charge in [0.2, 0.25) is 0 Å². The van der Waals surface area contributed by atoms with E-state index in [-0.39, 0.29) is 30.0 Å². The smallest absolute Gasteiger partial charge is 0.261 e. The van der Waals surface area contributed by atoms with Crippen LogP contribution in [0.5, 0.6) is 5.75 Å².